The molecule has 3 N–H and O–H groups in total. The second-order valence-corrected chi connectivity index (χ2v) is 4.43. The number of benzene rings is 1. The number of aryl methyl sites for hydroxylation is 1. The van der Waals surface area contributed by atoms with Crippen molar-refractivity contribution < 1.29 is 14.7 Å². The van der Waals surface area contributed by atoms with E-state index < -0.39 is 6.04 Å². The quantitative estimate of drug-likeness (QED) is 0.659. The van der Waals surface area contributed by atoms with Gasteiger partial charge in [0.1, 0.15) is 6.04 Å². The highest BCUT2D eigenvalue weighted by atomic mass is 16.3. The third-order valence-corrected chi connectivity index (χ3v) is 2.66. The lowest BCUT2D eigenvalue weighted by molar-refractivity contribution is -0.122. The Morgan fingerprint density at radius 3 is 2.74 bits per heavy atom. The number of carbonyl (C=O) groups excluding carboxylic acids is 2. The van der Waals surface area contributed by atoms with Gasteiger partial charge in [-0.25, -0.2) is 0 Å². The number of nitrogens with one attached hydrogen (secondary N) is 2. The van der Waals surface area contributed by atoms with Crippen molar-refractivity contribution in [3.05, 3.63) is 35.4 Å². The van der Waals surface area contributed by atoms with Crippen molar-refractivity contribution in [3.8, 4) is 0 Å². The van der Waals surface area contributed by atoms with E-state index in [1.165, 1.54) is 0 Å². The molecule has 1 aromatic rings. The van der Waals surface area contributed by atoms with Crippen LogP contribution in [0.25, 0.3) is 0 Å². The van der Waals surface area contributed by atoms with E-state index in [2.05, 4.69) is 10.6 Å². The fraction of sp³-hybridized carbons (Fsp3) is 0.429. The van der Waals surface area contributed by atoms with Crippen molar-refractivity contribution in [1.29, 1.82) is 0 Å². The Kier molecular flexibility index (Phi) is 6.02. The molecule has 0 fully saturated rings. The zero-order chi connectivity index (χ0) is 14.3. The average Bonchev–Trinajstić information content (AvgIpc) is 2.38. The zero-order valence-corrected chi connectivity index (χ0v) is 11.3. The average molecular weight is 264 g/mol. The molecule has 19 heavy (non-hydrogen) atoms. The highest BCUT2D eigenvalue weighted by Crippen LogP contribution is 2.04. The standard InChI is InChI=1S/C14H20N2O3/c1-10-5-3-6-12(9-10)14(19)16-11(2)13(18)15-7-4-8-17/h3,5-6,9,11,17H,4,7-8H2,1-2H3,(H,15,18)(H,16,19). The van der Waals surface area contributed by atoms with Crippen LogP contribution in [0.1, 0.15) is 29.3 Å². The van der Waals surface area contributed by atoms with Crippen molar-refractivity contribution in [2.24, 2.45) is 0 Å². The predicted octanol–water partition coefficient (Wildman–Crippen LogP) is 0.612. The molecule has 5 heteroatoms. The smallest absolute Gasteiger partial charge is 0.251 e. The largest absolute Gasteiger partial charge is 0.396 e. The van der Waals surface area contributed by atoms with Crippen molar-refractivity contribution in [1.82, 2.24) is 10.6 Å². The Hall–Kier alpha value is -1.88. The lowest BCUT2D eigenvalue weighted by Gasteiger charge is -2.14. The summed E-state index contributed by atoms with van der Waals surface area (Å²) >= 11 is 0. The molecule has 0 bridgehead atoms. The predicted molar refractivity (Wildman–Crippen MR) is 72.8 cm³/mol. The molecule has 1 aromatic carbocycles. The molecule has 0 aromatic heterocycles. The van der Waals surface area contributed by atoms with Crippen LogP contribution in [0.2, 0.25) is 0 Å². The van der Waals surface area contributed by atoms with E-state index in [1.807, 2.05) is 13.0 Å². The summed E-state index contributed by atoms with van der Waals surface area (Å²) in [5, 5.41) is 13.9. The lowest BCUT2D eigenvalue weighted by Crippen LogP contribution is -2.45. The van der Waals surface area contributed by atoms with Gasteiger partial charge in [-0.2, -0.15) is 0 Å². The summed E-state index contributed by atoms with van der Waals surface area (Å²) in [7, 11) is 0. The molecule has 0 radical (unpaired) electrons. The van der Waals surface area contributed by atoms with Gasteiger partial charge >= 0.3 is 0 Å². The highest BCUT2D eigenvalue weighted by molar-refractivity contribution is 5.97. The van der Waals surface area contributed by atoms with Crippen molar-refractivity contribution in [2.75, 3.05) is 13.2 Å². The van der Waals surface area contributed by atoms with Crippen LogP contribution in [0, 0.1) is 6.92 Å². The molecule has 2 amide bonds. The van der Waals surface area contributed by atoms with Crippen molar-refractivity contribution in [2.45, 2.75) is 26.3 Å². The first-order valence-electron chi connectivity index (χ1n) is 6.30. The molecule has 1 rings (SSSR count). The second-order valence-electron chi connectivity index (χ2n) is 4.43. The zero-order valence-electron chi connectivity index (χ0n) is 11.3. The first-order chi connectivity index (χ1) is 9.04. The Bertz CT molecular complexity index is 446. The molecule has 0 aliphatic rings. The van der Waals surface area contributed by atoms with Gasteiger partial charge in [-0.3, -0.25) is 9.59 Å². The number of rotatable bonds is 6. The van der Waals surface area contributed by atoms with Crippen LogP contribution in [0.4, 0.5) is 0 Å². The van der Waals surface area contributed by atoms with E-state index in [-0.39, 0.29) is 18.4 Å². The summed E-state index contributed by atoms with van der Waals surface area (Å²) in [6.45, 7) is 3.97. The third-order valence-electron chi connectivity index (χ3n) is 2.66. The van der Waals surface area contributed by atoms with Crippen molar-refractivity contribution >= 4 is 11.8 Å². The number of aliphatic hydroxyl groups excluding tert-OH is 1. The van der Waals surface area contributed by atoms with E-state index in [4.69, 9.17) is 5.11 Å². The minimum absolute atomic E-state index is 0.0321. The van der Waals surface area contributed by atoms with Crippen LogP contribution in [-0.4, -0.2) is 36.1 Å². The van der Waals surface area contributed by atoms with Gasteiger partial charge in [0.05, 0.1) is 0 Å². The van der Waals surface area contributed by atoms with Crippen LogP contribution in [0.3, 0.4) is 0 Å². The van der Waals surface area contributed by atoms with Gasteiger partial charge in [0.15, 0.2) is 0 Å². The monoisotopic (exact) mass is 264 g/mol. The molecular weight excluding hydrogens is 244 g/mol. The molecule has 0 heterocycles. The van der Waals surface area contributed by atoms with Gasteiger partial charge in [0.2, 0.25) is 5.91 Å². The molecule has 1 unspecified atom stereocenters. The maximum Gasteiger partial charge on any atom is 0.251 e. The SMILES string of the molecule is Cc1cccc(C(=O)NC(C)C(=O)NCCCO)c1. The first-order valence-corrected chi connectivity index (χ1v) is 6.30. The van der Waals surface area contributed by atoms with E-state index in [1.54, 1.807) is 25.1 Å². The minimum atomic E-state index is -0.605. The van der Waals surface area contributed by atoms with Gasteiger partial charge in [0.25, 0.3) is 5.91 Å². The number of amides is 2. The maximum atomic E-state index is 11.9. The molecule has 0 saturated carbocycles. The van der Waals surface area contributed by atoms with Crippen molar-refractivity contribution in [3.63, 3.8) is 0 Å². The van der Waals surface area contributed by atoms with Crippen LogP contribution >= 0.6 is 0 Å². The third kappa shape index (κ3) is 5.09. The van der Waals surface area contributed by atoms with Gasteiger partial charge in [0, 0.05) is 18.7 Å². The molecule has 104 valence electrons. The van der Waals surface area contributed by atoms with Gasteiger partial charge in [-0.1, -0.05) is 17.7 Å². The van der Waals surface area contributed by atoms with Gasteiger partial charge in [-0.15, -0.1) is 0 Å². The Morgan fingerprint density at radius 1 is 1.37 bits per heavy atom. The van der Waals surface area contributed by atoms with Crippen LogP contribution < -0.4 is 10.6 Å². The molecule has 0 aliphatic carbocycles. The normalized spacial score (nSPS) is 11.7. The number of carbonyl (C=O) groups is 2. The summed E-state index contributed by atoms with van der Waals surface area (Å²) < 4.78 is 0. The number of hydrogen-bond acceptors (Lipinski definition) is 3. The topological polar surface area (TPSA) is 78.4 Å². The maximum absolute atomic E-state index is 11.9. The van der Waals surface area contributed by atoms with Crippen LogP contribution in [-0.2, 0) is 4.79 Å². The van der Waals surface area contributed by atoms with E-state index in [9.17, 15) is 9.59 Å². The molecule has 0 saturated heterocycles. The summed E-state index contributed by atoms with van der Waals surface area (Å²) in [5.74, 6) is -0.525. The summed E-state index contributed by atoms with van der Waals surface area (Å²) in [4.78, 5) is 23.6. The first kappa shape index (κ1) is 15.2. The molecular formula is C14H20N2O3. The Morgan fingerprint density at radius 2 is 2.11 bits per heavy atom. The van der Waals surface area contributed by atoms with E-state index in [0.717, 1.165) is 5.56 Å². The van der Waals surface area contributed by atoms with Crippen LogP contribution in [0.15, 0.2) is 24.3 Å². The second kappa shape index (κ2) is 7.53. The molecule has 0 aliphatic heterocycles. The number of aliphatic hydroxyl groups is 1. The number of hydrogen-bond donors (Lipinski definition) is 3. The van der Waals surface area contributed by atoms with Gasteiger partial charge < -0.3 is 15.7 Å². The summed E-state index contributed by atoms with van der Waals surface area (Å²) in [6.07, 6.45) is 0.504. The molecule has 5 nitrogen and oxygen atoms in total. The Labute approximate surface area is 113 Å². The lowest BCUT2D eigenvalue weighted by atomic mass is 10.1. The summed E-state index contributed by atoms with van der Waals surface area (Å²) in [5.41, 5.74) is 1.53. The van der Waals surface area contributed by atoms with E-state index >= 15 is 0 Å². The van der Waals surface area contributed by atoms with Crippen LogP contribution in [0.5, 0.6) is 0 Å². The highest BCUT2D eigenvalue weighted by Gasteiger charge is 2.15. The van der Waals surface area contributed by atoms with Gasteiger partial charge in [-0.05, 0) is 32.4 Å². The molecule has 1 atom stereocenters. The van der Waals surface area contributed by atoms with E-state index in [0.29, 0.717) is 18.5 Å². The fourth-order valence-electron chi connectivity index (χ4n) is 1.58. The fourth-order valence-corrected chi connectivity index (χ4v) is 1.58. The molecule has 0 spiro atoms. The minimum Gasteiger partial charge on any atom is -0.396 e. The summed E-state index contributed by atoms with van der Waals surface area (Å²) in [6, 6.07) is 6.58. The Balaban J connectivity index is 2.49.